The number of hydrogen-bond acceptors (Lipinski definition) is 5. The quantitative estimate of drug-likeness (QED) is 0.448. The van der Waals surface area contributed by atoms with Gasteiger partial charge in [-0.05, 0) is 23.0 Å². The van der Waals surface area contributed by atoms with Gasteiger partial charge in [0.15, 0.2) is 5.89 Å². The lowest BCUT2D eigenvalue weighted by atomic mass is 9.98. The Morgan fingerprint density at radius 3 is 2.27 bits per heavy atom. The van der Waals surface area contributed by atoms with Crippen molar-refractivity contribution in [2.45, 2.75) is 103 Å². The number of ether oxygens (including phenoxy) is 1. The first-order chi connectivity index (χ1) is 12.2. The summed E-state index contributed by atoms with van der Waals surface area (Å²) in [5.74, 6) is 0.633. The number of hydrogen-bond donors (Lipinski definition) is 0. The van der Waals surface area contributed by atoms with E-state index >= 15 is 0 Å². The van der Waals surface area contributed by atoms with E-state index in [2.05, 4.69) is 46.5 Å². The topological polar surface area (TPSA) is 61.6 Å². The van der Waals surface area contributed by atoms with Gasteiger partial charge in [0, 0.05) is 19.8 Å². The Bertz CT molecular complexity index is 562. The number of aldehydes is 1. The van der Waals surface area contributed by atoms with Crippen LogP contribution >= 0.6 is 0 Å². The lowest BCUT2D eigenvalue weighted by Crippen LogP contribution is -2.51. The summed E-state index contributed by atoms with van der Waals surface area (Å²) in [7, 11) is -1.98. The van der Waals surface area contributed by atoms with Crippen molar-refractivity contribution in [3.8, 4) is 0 Å². The molecule has 1 aromatic rings. The van der Waals surface area contributed by atoms with Crippen LogP contribution in [0.15, 0.2) is 10.7 Å². The van der Waals surface area contributed by atoms with Gasteiger partial charge in [-0.3, -0.25) is 0 Å². The minimum absolute atomic E-state index is 0.0922. The van der Waals surface area contributed by atoms with E-state index < -0.39 is 8.32 Å². The molecule has 148 valence electrons. The summed E-state index contributed by atoms with van der Waals surface area (Å²) in [4.78, 5) is 15.5. The lowest BCUT2D eigenvalue weighted by molar-refractivity contribution is -0.121. The highest BCUT2D eigenvalue weighted by molar-refractivity contribution is 6.77. The number of nitrogens with zero attached hydrogens (tertiary/aromatic N) is 1. The van der Waals surface area contributed by atoms with Crippen molar-refractivity contribution < 1.29 is 18.4 Å². The average molecular weight is 382 g/mol. The zero-order valence-corrected chi connectivity index (χ0v) is 18.3. The summed E-state index contributed by atoms with van der Waals surface area (Å²) in [6.07, 6.45) is 4.34. The summed E-state index contributed by atoms with van der Waals surface area (Å²) in [5.41, 5.74) is 2.39. The van der Waals surface area contributed by atoms with E-state index in [0.717, 1.165) is 24.8 Å². The molecule has 0 amide bonds. The molecule has 0 bridgehead atoms. The Morgan fingerprint density at radius 1 is 1.19 bits per heavy atom. The van der Waals surface area contributed by atoms with Gasteiger partial charge in [0.1, 0.15) is 24.3 Å². The van der Waals surface area contributed by atoms with Crippen LogP contribution in [0.1, 0.15) is 78.5 Å². The van der Waals surface area contributed by atoms with Crippen LogP contribution < -0.4 is 0 Å². The molecule has 1 aliphatic rings. The van der Waals surface area contributed by atoms with Crippen molar-refractivity contribution in [3.05, 3.63) is 17.8 Å². The molecule has 2 rings (SSSR count). The molecule has 1 aliphatic heterocycles. The normalized spacial score (nSPS) is 24.6. The minimum Gasteiger partial charge on any atom is -0.449 e. The van der Waals surface area contributed by atoms with Crippen LogP contribution in [0.3, 0.4) is 0 Å². The molecular weight excluding hydrogens is 346 g/mol. The van der Waals surface area contributed by atoms with Crippen molar-refractivity contribution in [1.29, 1.82) is 0 Å². The average Bonchev–Trinajstić information content (AvgIpc) is 2.98. The minimum atomic E-state index is -1.98. The number of carbonyl (C=O) groups is 1. The second-order valence-electron chi connectivity index (χ2n) is 8.47. The van der Waals surface area contributed by atoms with Crippen LogP contribution in [0.4, 0.5) is 0 Å². The molecule has 0 aromatic carbocycles. The van der Waals surface area contributed by atoms with Crippen LogP contribution in [0.2, 0.25) is 16.6 Å². The standard InChI is InChI=1S/C20H35NO4Si/c1-13(2)26(14(3)4,15(5)6)25-18-10-17(8-9-22)24-20(11-18)19-12-23-16(7)21-19/h9,12-15,17-18,20H,8,10-11H2,1-7H3/t17-,18+,20-/m1/s1. The molecule has 1 fully saturated rings. The van der Waals surface area contributed by atoms with Crippen molar-refractivity contribution >= 4 is 14.6 Å². The van der Waals surface area contributed by atoms with Gasteiger partial charge in [-0.15, -0.1) is 0 Å². The molecular formula is C20H35NO4Si. The Labute approximate surface area is 159 Å². The SMILES string of the molecule is Cc1nc([C@H]2C[C@@H](O[Si](C(C)C)(C(C)C)C(C)C)C[C@@H](CC=O)O2)co1. The van der Waals surface area contributed by atoms with Gasteiger partial charge in [-0.1, -0.05) is 41.5 Å². The van der Waals surface area contributed by atoms with Crippen molar-refractivity contribution in [2.75, 3.05) is 0 Å². The fourth-order valence-electron chi connectivity index (χ4n) is 4.74. The molecule has 2 heterocycles. The van der Waals surface area contributed by atoms with Gasteiger partial charge in [0.05, 0.1) is 12.2 Å². The molecule has 0 saturated carbocycles. The molecule has 0 N–H and O–H groups in total. The zero-order chi connectivity index (χ0) is 19.5. The van der Waals surface area contributed by atoms with Crippen LogP contribution in [-0.2, 0) is 14.0 Å². The monoisotopic (exact) mass is 381 g/mol. The van der Waals surface area contributed by atoms with Crippen molar-refractivity contribution in [2.24, 2.45) is 0 Å². The van der Waals surface area contributed by atoms with Crippen molar-refractivity contribution in [1.82, 2.24) is 4.98 Å². The van der Waals surface area contributed by atoms with Gasteiger partial charge >= 0.3 is 0 Å². The lowest BCUT2D eigenvalue weighted by Gasteiger charge is -2.47. The van der Waals surface area contributed by atoms with E-state index in [1.54, 1.807) is 6.26 Å². The maximum Gasteiger partial charge on any atom is 0.200 e. The highest BCUT2D eigenvalue weighted by Crippen LogP contribution is 2.45. The third kappa shape index (κ3) is 4.46. The Morgan fingerprint density at radius 2 is 1.81 bits per heavy atom. The first-order valence-corrected chi connectivity index (χ1v) is 12.0. The highest BCUT2D eigenvalue weighted by atomic mass is 28.4. The molecule has 0 aliphatic carbocycles. The molecule has 0 unspecified atom stereocenters. The van der Waals surface area contributed by atoms with Crippen LogP contribution in [0.5, 0.6) is 0 Å². The van der Waals surface area contributed by atoms with E-state index in [1.807, 2.05) is 6.92 Å². The van der Waals surface area contributed by atoms with Crippen molar-refractivity contribution in [3.63, 3.8) is 0 Å². The fourth-order valence-corrected chi connectivity index (χ4v) is 10.3. The number of oxazole rings is 1. The fraction of sp³-hybridized carbons (Fsp3) is 0.800. The summed E-state index contributed by atoms with van der Waals surface area (Å²) >= 11 is 0. The number of carbonyl (C=O) groups excluding carboxylic acids is 1. The van der Waals surface area contributed by atoms with E-state index in [9.17, 15) is 4.79 Å². The van der Waals surface area contributed by atoms with E-state index in [0.29, 0.717) is 28.9 Å². The smallest absolute Gasteiger partial charge is 0.200 e. The van der Waals surface area contributed by atoms with E-state index in [4.69, 9.17) is 13.6 Å². The van der Waals surface area contributed by atoms with Gasteiger partial charge in [0.2, 0.25) is 8.32 Å². The number of aromatic nitrogens is 1. The summed E-state index contributed by atoms with van der Waals surface area (Å²) in [5, 5.41) is 0. The van der Waals surface area contributed by atoms with Gasteiger partial charge in [-0.2, -0.15) is 0 Å². The summed E-state index contributed by atoms with van der Waals surface area (Å²) in [6, 6.07) is 0. The molecule has 6 heteroatoms. The van der Waals surface area contributed by atoms with E-state index in [-0.39, 0.29) is 18.3 Å². The summed E-state index contributed by atoms with van der Waals surface area (Å²) in [6.45, 7) is 15.6. The Kier molecular flexibility index (Phi) is 7.22. The second-order valence-corrected chi connectivity index (χ2v) is 13.9. The molecule has 0 spiro atoms. The van der Waals surface area contributed by atoms with Gasteiger partial charge in [-0.25, -0.2) is 4.98 Å². The maximum atomic E-state index is 11.1. The largest absolute Gasteiger partial charge is 0.449 e. The van der Waals surface area contributed by atoms with Crippen LogP contribution in [0.25, 0.3) is 0 Å². The molecule has 1 aromatic heterocycles. The maximum absolute atomic E-state index is 11.1. The first kappa shape index (κ1) is 21.3. The number of rotatable bonds is 8. The van der Waals surface area contributed by atoms with Gasteiger partial charge < -0.3 is 18.4 Å². The first-order valence-electron chi connectivity index (χ1n) is 9.89. The molecule has 26 heavy (non-hydrogen) atoms. The third-order valence-corrected chi connectivity index (χ3v) is 11.9. The van der Waals surface area contributed by atoms with E-state index in [1.165, 1.54) is 0 Å². The Hall–Kier alpha value is -0.983. The molecule has 3 atom stereocenters. The zero-order valence-electron chi connectivity index (χ0n) is 17.3. The second kappa shape index (κ2) is 8.80. The Balaban J connectivity index is 2.26. The molecule has 5 nitrogen and oxygen atoms in total. The summed E-state index contributed by atoms with van der Waals surface area (Å²) < 4.78 is 18.5. The van der Waals surface area contributed by atoms with Crippen LogP contribution in [0, 0.1) is 6.92 Å². The third-order valence-electron chi connectivity index (χ3n) is 5.76. The predicted octanol–water partition coefficient (Wildman–Crippen LogP) is 5.35. The molecule has 1 saturated heterocycles. The van der Waals surface area contributed by atoms with Crippen LogP contribution in [-0.4, -0.2) is 31.8 Å². The predicted molar refractivity (Wildman–Crippen MR) is 105 cm³/mol. The number of aryl methyl sites for hydroxylation is 1. The molecule has 0 radical (unpaired) electrons. The van der Waals surface area contributed by atoms with Gasteiger partial charge in [0.25, 0.3) is 0 Å². The highest BCUT2D eigenvalue weighted by Gasteiger charge is 2.48.